The highest BCUT2D eigenvalue weighted by Crippen LogP contribution is 2.43. The molecule has 20 heavy (non-hydrogen) atoms. The van der Waals surface area contributed by atoms with Crippen LogP contribution in [0.25, 0.3) is 0 Å². The summed E-state index contributed by atoms with van der Waals surface area (Å²) in [5.74, 6) is -0.374. The lowest BCUT2D eigenvalue weighted by atomic mass is 9.93. The summed E-state index contributed by atoms with van der Waals surface area (Å²) in [6.07, 6.45) is 0.605. The highest BCUT2D eigenvalue weighted by Gasteiger charge is 2.47. The normalized spacial score (nSPS) is 26.0. The highest BCUT2D eigenvalue weighted by atomic mass is 32.2. The molecule has 1 saturated carbocycles. The molecule has 0 N–H and O–H groups in total. The molecule has 0 saturated heterocycles. The number of benzene rings is 1. The van der Waals surface area contributed by atoms with Crippen molar-refractivity contribution in [1.82, 2.24) is 0 Å². The maximum atomic E-state index is 12.5. The summed E-state index contributed by atoms with van der Waals surface area (Å²) in [6, 6.07) is 9.88. The summed E-state index contributed by atoms with van der Waals surface area (Å²) < 4.78 is 4.76. The molecule has 0 aliphatic heterocycles. The standard InChI is InChI=1S/C16H20O3S/c1-10(2)12-9-13(16(18)19-3)14(17)15(12)20-11-7-5-4-6-8-11/h4-8,10,12-13,15H,9H2,1-3H3/t12-,13-,15-/m1/s1. The Morgan fingerprint density at radius 2 is 1.95 bits per heavy atom. The Hall–Kier alpha value is -1.29. The fourth-order valence-corrected chi connectivity index (χ4v) is 4.18. The van der Waals surface area contributed by atoms with Crippen molar-refractivity contribution in [1.29, 1.82) is 0 Å². The summed E-state index contributed by atoms with van der Waals surface area (Å²) >= 11 is 1.57. The first kappa shape index (κ1) is 15.1. The van der Waals surface area contributed by atoms with Crippen molar-refractivity contribution in [3.63, 3.8) is 0 Å². The second kappa shape index (κ2) is 6.44. The maximum Gasteiger partial charge on any atom is 0.316 e. The number of hydrogen-bond donors (Lipinski definition) is 0. The van der Waals surface area contributed by atoms with Crippen molar-refractivity contribution in [3.8, 4) is 0 Å². The first-order valence-corrected chi connectivity index (χ1v) is 7.75. The molecular weight excluding hydrogens is 272 g/mol. The average Bonchev–Trinajstić information content (AvgIpc) is 2.77. The van der Waals surface area contributed by atoms with Crippen molar-refractivity contribution in [2.45, 2.75) is 30.4 Å². The van der Waals surface area contributed by atoms with Crippen LogP contribution in [0.2, 0.25) is 0 Å². The molecule has 4 heteroatoms. The van der Waals surface area contributed by atoms with Crippen LogP contribution in [0.1, 0.15) is 20.3 Å². The zero-order valence-electron chi connectivity index (χ0n) is 12.0. The van der Waals surface area contributed by atoms with Gasteiger partial charge < -0.3 is 4.74 Å². The minimum atomic E-state index is -0.589. The van der Waals surface area contributed by atoms with Crippen LogP contribution in [0.15, 0.2) is 35.2 Å². The summed E-state index contributed by atoms with van der Waals surface area (Å²) in [5, 5.41) is -0.151. The van der Waals surface area contributed by atoms with Gasteiger partial charge in [-0.3, -0.25) is 9.59 Å². The van der Waals surface area contributed by atoms with E-state index in [1.54, 1.807) is 11.8 Å². The average molecular weight is 292 g/mol. The van der Waals surface area contributed by atoms with E-state index in [9.17, 15) is 9.59 Å². The molecule has 2 rings (SSSR count). The van der Waals surface area contributed by atoms with Gasteiger partial charge in [0.15, 0.2) is 5.78 Å². The number of esters is 1. The lowest BCUT2D eigenvalue weighted by Crippen LogP contribution is -2.26. The van der Waals surface area contributed by atoms with Gasteiger partial charge in [-0.1, -0.05) is 32.0 Å². The van der Waals surface area contributed by atoms with E-state index in [-0.39, 0.29) is 17.0 Å². The molecule has 1 aliphatic carbocycles. The van der Waals surface area contributed by atoms with Gasteiger partial charge in [0, 0.05) is 4.90 Å². The molecule has 0 heterocycles. The molecule has 0 spiro atoms. The SMILES string of the molecule is COC(=O)[C@@H]1C[C@H](C(C)C)[C@@H](Sc2ccccc2)C1=O. The Morgan fingerprint density at radius 3 is 2.50 bits per heavy atom. The lowest BCUT2D eigenvalue weighted by molar-refractivity contribution is -0.148. The number of carbonyl (C=O) groups excluding carboxylic acids is 2. The number of rotatable bonds is 4. The van der Waals surface area contributed by atoms with Crippen molar-refractivity contribution in [2.24, 2.45) is 17.8 Å². The Kier molecular flexibility index (Phi) is 4.86. The molecule has 3 atom stereocenters. The van der Waals surface area contributed by atoms with Crippen LogP contribution in [-0.4, -0.2) is 24.1 Å². The first-order valence-electron chi connectivity index (χ1n) is 6.88. The second-order valence-corrected chi connectivity index (χ2v) is 6.69. The Bertz CT molecular complexity index is 484. The molecule has 0 aromatic heterocycles. The molecule has 0 amide bonds. The van der Waals surface area contributed by atoms with Crippen molar-refractivity contribution < 1.29 is 14.3 Å². The molecule has 1 fully saturated rings. The number of hydrogen-bond acceptors (Lipinski definition) is 4. The first-order chi connectivity index (χ1) is 9.54. The maximum absolute atomic E-state index is 12.5. The smallest absolute Gasteiger partial charge is 0.316 e. The minimum Gasteiger partial charge on any atom is -0.468 e. The molecular formula is C16H20O3S. The zero-order valence-corrected chi connectivity index (χ0v) is 12.9. The monoisotopic (exact) mass is 292 g/mol. The van der Waals surface area contributed by atoms with Crippen LogP contribution in [0, 0.1) is 17.8 Å². The van der Waals surface area contributed by atoms with E-state index in [0.29, 0.717) is 12.3 Å². The van der Waals surface area contributed by atoms with Gasteiger partial charge >= 0.3 is 5.97 Å². The number of carbonyl (C=O) groups is 2. The van der Waals surface area contributed by atoms with Gasteiger partial charge in [-0.2, -0.15) is 0 Å². The predicted molar refractivity (Wildman–Crippen MR) is 79.5 cm³/mol. The summed E-state index contributed by atoms with van der Waals surface area (Å²) in [7, 11) is 1.34. The number of methoxy groups -OCH3 is 1. The van der Waals surface area contributed by atoms with E-state index < -0.39 is 11.9 Å². The fourth-order valence-electron chi connectivity index (χ4n) is 2.69. The van der Waals surface area contributed by atoms with Crippen LogP contribution in [-0.2, 0) is 14.3 Å². The van der Waals surface area contributed by atoms with E-state index in [1.165, 1.54) is 7.11 Å². The highest BCUT2D eigenvalue weighted by molar-refractivity contribution is 8.00. The quantitative estimate of drug-likeness (QED) is 0.631. The molecule has 0 bridgehead atoms. The molecule has 1 aliphatic rings. The summed E-state index contributed by atoms with van der Waals surface area (Å²) in [6.45, 7) is 4.21. The van der Waals surface area contributed by atoms with Gasteiger partial charge in [-0.05, 0) is 30.4 Å². The van der Waals surface area contributed by atoms with Gasteiger partial charge in [0.25, 0.3) is 0 Å². The Balaban J connectivity index is 2.20. The largest absolute Gasteiger partial charge is 0.468 e. The van der Waals surface area contributed by atoms with Crippen LogP contribution in [0.4, 0.5) is 0 Å². The third-order valence-electron chi connectivity index (χ3n) is 3.87. The van der Waals surface area contributed by atoms with E-state index in [1.807, 2.05) is 30.3 Å². The molecule has 3 nitrogen and oxygen atoms in total. The van der Waals surface area contributed by atoms with E-state index in [4.69, 9.17) is 4.74 Å². The van der Waals surface area contributed by atoms with Crippen LogP contribution in [0.5, 0.6) is 0 Å². The fraction of sp³-hybridized carbons (Fsp3) is 0.500. The summed E-state index contributed by atoms with van der Waals surface area (Å²) in [5.41, 5.74) is 0. The topological polar surface area (TPSA) is 43.4 Å². The number of thioether (sulfide) groups is 1. The molecule has 108 valence electrons. The van der Waals surface area contributed by atoms with E-state index in [2.05, 4.69) is 13.8 Å². The van der Waals surface area contributed by atoms with Gasteiger partial charge in [0.1, 0.15) is 5.92 Å². The van der Waals surface area contributed by atoms with Gasteiger partial charge in [0.2, 0.25) is 0 Å². The second-order valence-electron chi connectivity index (χ2n) is 5.47. The van der Waals surface area contributed by atoms with E-state index in [0.717, 1.165) is 4.90 Å². The predicted octanol–water partition coefficient (Wildman–Crippen LogP) is 3.18. The van der Waals surface area contributed by atoms with Gasteiger partial charge in [-0.15, -0.1) is 11.8 Å². The number of ketones is 1. The number of Topliss-reactive ketones (excluding diaryl/α,β-unsaturated/α-hetero) is 1. The Morgan fingerprint density at radius 1 is 1.30 bits per heavy atom. The lowest BCUT2D eigenvalue weighted by Gasteiger charge is -2.21. The van der Waals surface area contributed by atoms with Crippen molar-refractivity contribution in [2.75, 3.05) is 7.11 Å². The van der Waals surface area contributed by atoms with Crippen LogP contribution >= 0.6 is 11.8 Å². The third-order valence-corrected chi connectivity index (χ3v) is 5.25. The third kappa shape index (κ3) is 3.06. The summed E-state index contributed by atoms with van der Waals surface area (Å²) in [4.78, 5) is 25.3. The number of ether oxygens (including phenoxy) is 1. The van der Waals surface area contributed by atoms with Crippen LogP contribution in [0.3, 0.4) is 0 Å². The van der Waals surface area contributed by atoms with Gasteiger partial charge in [-0.25, -0.2) is 0 Å². The van der Waals surface area contributed by atoms with E-state index >= 15 is 0 Å². The molecule has 0 radical (unpaired) electrons. The molecule has 1 aromatic carbocycles. The van der Waals surface area contributed by atoms with Crippen molar-refractivity contribution >= 4 is 23.5 Å². The molecule has 0 unspecified atom stereocenters. The Labute approximate surface area is 124 Å². The molecule has 1 aromatic rings. The van der Waals surface area contributed by atoms with Crippen LogP contribution < -0.4 is 0 Å². The van der Waals surface area contributed by atoms with Gasteiger partial charge in [0.05, 0.1) is 12.4 Å². The zero-order chi connectivity index (χ0) is 14.7. The van der Waals surface area contributed by atoms with Crippen molar-refractivity contribution in [3.05, 3.63) is 30.3 Å². The minimum absolute atomic E-state index is 0.0180.